The van der Waals surface area contributed by atoms with Crippen molar-refractivity contribution in [3.8, 4) is 0 Å². The molecule has 1 aromatic heterocycles. The van der Waals surface area contributed by atoms with Crippen LogP contribution in [0.2, 0.25) is 0 Å². The zero-order valence-corrected chi connectivity index (χ0v) is 12.8. The number of aromatic nitrogens is 2. The first-order valence-corrected chi connectivity index (χ1v) is 7.23. The van der Waals surface area contributed by atoms with E-state index in [1.54, 1.807) is 7.05 Å². The molecule has 1 amide bonds. The van der Waals surface area contributed by atoms with Crippen LogP contribution in [-0.2, 0) is 13.1 Å². The molecule has 0 aliphatic carbocycles. The monoisotopic (exact) mass is 286 g/mol. The van der Waals surface area contributed by atoms with E-state index < -0.39 is 0 Å². The first-order chi connectivity index (χ1) is 10.2. The summed E-state index contributed by atoms with van der Waals surface area (Å²) >= 11 is 0. The molecular weight excluding hydrogens is 264 g/mol. The molecular formula is C16H22N4O. The zero-order valence-electron chi connectivity index (χ0n) is 12.8. The maximum atomic E-state index is 11.6. The second kappa shape index (κ2) is 6.92. The van der Waals surface area contributed by atoms with E-state index >= 15 is 0 Å². The number of nitrogens with one attached hydrogen (secondary N) is 2. The van der Waals surface area contributed by atoms with Crippen molar-refractivity contribution < 1.29 is 4.79 Å². The number of benzene rings is 1. The van der Waals surface area contributed by atoms with E-state index in [0.717, 1.165) is 36.5 Å². The molecule has 0 atom stereocenters. The number of hydrogen-bond donors (Lipinski definition) is 2. The topological polar surface area (TPSA) is 59.0 Å². The lowest BCUT2D eigenvalue weighted by molar-refractivity contribution is 0.0963. The van der Waals surface area contributed by atoms with E-state index in [0.29, 0.717) is 5.56 Å². The van der Waals surface area contributed by atoms with E-state index in [1.807, 2.05) is 42.1 Å². The highest BCUT2D eigenvalue weighted by Crippen LogP contribution is 2.17. The molecule has 0 aliphatic rings. The van der Waals surface area contributed by atoms with Gasteiger partial charge >= 0.3 is 0 Å². The summed E-state index contributed by atoms with van der Waals surface area (Å²) < 4.78 is 2.02. The number of nitrogens with zero attached hydrogens (tertiary/aromatic N) is 2. The summed E-state index contributed by atoms with van der Waals surface area (Å²) in [6.45, 7) is 5.79. The first kappa shape index (κ1) is 15.1. The van der Waals surface area contributed by atoms with Crippen molar-refractivity contribution in [1.82, 2.24) is 15.1 Å². The average molecular weight is 286 g/mol. The fraction of sp³-hybridized carbons (Fsp3) is 0.375. The molecule has 2 aromatic rings. The first-order valence-electron chi connectivity index (χ1n) is 7.23. The molecule has 5 nitrogen and oxygen atoms in total. The van der Waals surface area contributed by atoms with Crippen molar-refractivity contribution in [3.63, 3.8) is 0 Å². The summed E-state index contributed by atoms with van der Waals surface area (Å²) in [7, 11) is 1.64. The zero-order chi connectivity index (χ0) is 15.2. The Morgan fingerprint density at radius 1 is 1.33 bits per heavy atom. The van der Waals surface area contributed by atoms with Crippen LogP contribution in [0.1, 0.15) is 35.0 Å². The van der Waals surface area contributed by atoms with Gasteiger partial charge in [0.1, 0.15) is 0 Å². The summed E-state index contributed by atoms with van der Waals surface area (Å²) in [6, 6.07) is 7.69. The van der Waals surface area contributed by atoms with Gasteiger partial charge in [-0.25, -0.2) is 0 Å². The third-order valence-corrected chi connectivity index (χ3v) is 3.42. The van der Waals surface area contributed by atoms with Gasteiger partial charge in [0.05, 0.1) is 12.2 Å². The Kier molecular flexibility index (Phi) is 4.98. The summed E-state index contributed by atoms with van der Waals surface area (Å²) in [5.74, 6) is -0.0642. The number of rotatable bonds is 6. The van der Waals surface area contributed by atoms with Crippen molar-refractivity contribution in [2.75, 3.05) is 12.4 Å². The normalized spacial score (nSPS) is 10.4. The van der Waals surface area contributed by atoms with Crippen molar-refractivity contribution in [1.29, 1.82) is 0 Å². The van der Waals surface area contributed by atoms with Gasteiger partial charge in [-0.3, -0.25) is 9.48 Å². The number of amides is 1. The summed E-state index contributed by atoms with van der Waals surface area (Å²) in [4.78, 5) is 11.6. The quantitative estimate of drug-likeness (QED) is 0.858. The minimum absolute atomic E-state index is 0.0642. The van der Waals surface area contributed by atoms with Gasteiger partial charge in [-0.2, -0.15) is 5.10 Å². The SMILES string of the molecule is CCCn1nccc1CNc1ccc(C(=O)NC)cc1C. The van der Waals surface area contributed by atoms with Crippen LogP contribution in [0, 0.1) is 6.92 Å². The highest BCUT2D eigenvalue weighted by molar-refractivity contribution is 5.94. The number of anilines is 1. The third-order valence-electron chi connectivity index (χ3n) is 3.42. The Morgan fingerprint density at radius 2 is 2.14 bits per heavy atom. The van der Waals surface area contributed by atoms with Gasteiger partial charge in [0, 0.05) is 31.0 Å². The Balaban J connectivity index is 2.06. The van der Waals surface area contributed by atoms with Crippen LogP contribution in [0.25, 0.3) is 0 Å². The fourth-order valence-electron chi connectivity index (χ4n) is 2.26. The van der Waals surface area contributed by atoms with Gasteiger partial charge in [0.25, 0.3) is 5.91 Å². The van der Waals surface area contributed by atoms with Crippen molar-refractivity contribution >= 4 is 11.6 Å². The Labute approximate surface area is 125 Å². The smallest absolute Gasteiger partial charge is 0.251 e. The van der Waals surface area contributed by atoms with Crippen molar-refractivity contribution in [2.24, 2.45) is 0 Å². The predicted molar refractivity (Wildman–Crippen MR) is 84.4 cm³/mol. The molecule has 21 heavy (non-hydrogen) atoms. The van der Waals surface area contributed by atoms with E-state index in [4.69, 9.17) is 0 Å². The van der Waals surface area contributed by atoms with Crippen LogP contribution >= 0.6 is 0 Å². The molecule has 2 N–H and O–H groups in total. The van der Waals surface area contributed by atoms with Crippen molar-refractivity contribution in [3.05, 3.63) is 47.3 Å². The summed E-state index contributed by atoms with van der Waals surface area (Å²) in [5, 5.41) is 10.4. The standard InChI is InChI=1S/C16H22N4O/c1-4-9-20-14(7-8-19-20)11-18-15-6-5-13(10-12(15)2)16(21)17-3/h5-8,10,18H,4,9,11H2,1-3H3,(H,17,21). The number of carbonyl (C=O) groups is 1. The molecule has 1 aromatic carbocycles. The highest BCUT2D eigenvalue weighted by Gasteiger charge is 2.07. The third kappa shape index (κ3) is 3.62. The Morgan fingerprint density at radius 3 is 2.81 bits per heavy atom. The molecule has 0 saturated carbocycles. The van der Waals surface area contributed by atoms with E-state index in [9.17, 15) is 4.79 Å². The predicted octanol–water partition coefficient (Wildman–Crippen LogP) is 2.57. The average Bonchev–Trinajstić information content (AvgIpc) is 2.93. The van der Waals surface area contributed by atoms with E-state index in [-0.39, 0.29) is 5.91 Å². The van der Waals surface area contributed by atoms with Gasteiger partial charge in [-0.1, -0.05) is 6.92 Å². The van der Waals surface area contributed by atoms with Gasteiger partial charge in [0.2, 0.25) is 0 Å². The largest absolute Gasteiger partial charge is 0.379 e. The number of carbonyl (C=O) groups excluding carboxylic acids is 1. The van der Waals surface area contributed by atoms with Crippen LogP contribution in [-0.4, -0.2) is 22.7 Å². The van der Waals surface area contributed by atoms with Crippen LogP contribution < -0.4 is 10.6 Å². The summed E-state index contributed by atoms with van der Waals surface area (Å²) in [6.07, 6.45) is 2.89. The van der Waals surface area contributed by atoms with Crippen LogP contribution in [0.4, 0.5) is 5.69 Å². The van der Waals surface area contributed by atoms with Crippen LogP contribution in [0.5, 0.6) is 0 Å². The lowest BCUT2D eigenvalue weighted by Crippen LogP contribution is -2.18. The maximum Gasteiger partial charge on any atom is 0.251 e. The molecule has 0 radical (unpaired) electrons. The molecule has 0 unspecified atom stereocenters. The van der Waals surface area contributed by atoms with Gasteiger partial charge in [-0.05, 0) is 43.2 Å². The van der Waals surface area contributed by atoms with E-state index in [2.05, 4.69) is 22.7 Å². The van der Waals surface area contributed by atoms with Crippen LogP contribution in [0.15, 0.2) is 30.5 Å². The van der Waals surface area contributed by atoms with Gasteiger partial charge in [0.15, 0.2) is 0 Å². The summed E-state index contributed by atoms with van der Waals surface area (Å²) in [5.41, 5.74) is 3.92. The molecule has 0 bridgehead atoms. The van der Waals surface area contributed by atoms with Crippen molar-refractivity contribution in [2.45, 2.75) is 33.4 Å². The molecule has 112 valence electrons. The van der Waals surface area contributed by atoms with E-state index in [1.165, 1.54) is 0 Å². The fourth-order valence-corrected chi connectivity index (χ4v) is 2.26. The van der Waals surface area contributed by atoms with Gasteiger partial charge < -0.3 is 10.6 Å². The second-order valence-corrected chi connectivity index (χ2v) is 5.01. The molecule has 0 saturated heterocycles. The lowest BCUT2D eigenvalue weighted by Gasteiger charge is -2.12. The van der Waals surface area contributed by atoms with Crippen LogP contribution in [0.3, 0.4) is 0 Å². The lowest BCUT2D eigenvalue weighted by atomic mass is 10.1. The molecule has 1 heterocycles. The second-order valence-electron chi connectivity index (χ2n) is 5.01. The minimum atomic E-state index is -0.0642. The maximum absolute atomic E-state index is 11.6. The number of hydrogen-bond acceptors (Lipinski definition) is 3. The molecule has 0 spiro atoms. The molecule has 5 heteroatoms. The molecule has 0 fully saturated rings. The minimum Gasteiger partial charge on any atom is -0.379 e. The molecule has 2 rings (SSSR count). The molecule has 0 aliphatic heterocycles. The van der Waals surface area contributed by atoms with Gasteiger partial charge in [-0.15, -0.1) is 0 Å². The highest BCUT2D eigenvalue weighted by atomic mass is 16.1. The Hall–Kier alpha value is -2.30. The number of aryl methyl sites for hydroxylation is 2. The Bertz CT molecular complexity index is 618.